The predicted octanol–water partition coefficient (Wildman–Crippen LogP) is 3.33. The third-order valence-corrected chi connectivity index (χ3v) is 7.48. The maximum Gasteiger partial charge on any atom is 0.309 e. The van der Waals surface area contributed by atoms with E-state index in [2.05, 4.69) is 41.9 Å². The van der Waals surface area contributed by atoms with E-state index in [1.807, 2.05) is 31.4 Å². The highest BCUT2D eigenvalue weighted by Gasteiger charge is 2.33. The lowest BCUT2D eigenvalue weighted by molar-refractivity contribution is -0.0678. The molecule has 1 aromatic carbocycles. The summed E-state index contributed by atoms with van der Waals surface area (Å²) < 4.78 is 26.1. The van der Waals surface area contributed by atoms with Gasteiger partial charge in [0.1, 0.15) is 6.67 Å². The minimum atomic E-state index is -0.962. The van der Waals surface area contributed by atoms with Crippen LogP contribution in [0, 0.1) is 0 Å². The van der Waals surface area contributed by atoms with Gasteiger partial charge in [-0.25, -0.2) is 14.4 Å². The molecule has 214 valence electrons. The van der Waals surface area contributed by atoms with E-state index in [0.717, 1.165) is 34.6 Å². The Morgan fingerprint density at radius 2 is 2.07 bits per heavy atom. The maximum atomic E-state index is 13.4. The van der Waals surface area contributed by atoms with Crippen molar-refractivity contribution in [2.75, 3.05) is 31.7 Å². The molecule has 1 amide bonds. The van der Waals surface area contributed by atoms with Gasteiger partial charge in [0.15, 0.2) is 0 Å². The predicted molar refractivity (Wildman–Crippen MR) is 147 cm³/mol. The second-order valence-corrected chi connectivity index (χ2v) is 11.1. The highest BCUT2D eigenvalue weighted by atomic mass is 19.1. The Kier molecular flexibility index (Phi) is 7.22. The van der Waals surface area contributed by atoms with Crippen LogP contribution < -0.4 is 10.6 Å². The first-order valence-electron chi connectivity index (χ1n) is 13.5. The molecular weight excluding hydrogens is 529 g/mol. The molecule has 0 radical (unpaired) electrons. The molecule has 3 aromatic heterocycles. The lowest BCUT2D eigenvalue weighted by atomic mass is 9.96. The number of carbonyl (C=O) groups is 1. The van der Waals surface area contributed by atoms with Crippen molar-refractivity contribution in [2.45, 2.75) is 44.3 Å². The second kappa shape index (κ2) is 11.0. The number of aryl methyl sites for hydroxylation is 1. The molecule has 0 unspecified atom stereocenters. The summed E-state index contributed by atoms with van der Waals surface area (Å²) in [5.74, 6) is -0.100. The number of benzene rings is 1. The van der Waals surface area contributed by atoms with E-state index < -0.39 is 18.0 Å². The summed E-state index contributed by atoms with van der Waals surface area (Å²) in [5.41, 5.74) is 3.64. The van der Waals surface area contributed by atoms with Crippen LogP contribution in [0.1, 0.15) is 54.0 Å². The number of carbonyl (C=O) groups excluding carboxylic acids is 1. The van der Waals surface area contributed by atoms with Crippen molar-refractivity contribution < 1.29 is 18.3 Å². The SMILES string of the molecule is Cn1cc(Nc2nccc(-c3ccc4c(c3)CN(C3COC3)CC[C@@H]4NC(=O)c3nnc(C(C)(C)CF)o3)n2)cn1. The topological polar surface area (TPSA) is 136 Å². The summed E-state index contributed by atoms with van der Waals surface area (Å²) in [5, 5.41) is 18.2. The van der Waals surface area contributed by atoms with Crippen LogP contribution >= 0.6 is 0 Å². The van der Waals surface area contributed by atoms with Crippen LogP contribution in [0.25, 0.3) is 11.3 Å². The van der Waals surface area contributed by atoms with E-state index in [0.29, 0.717) is 38.2 Å². The van der Waals surface area contributed by atoms with Gasteiger partial charge < -0.3 is 19.8 Å². The highest BCUT2D eigenvalue weighted by Crippen LogP contribution is 2.33. The number of nitrogens with one attached hydrogen (secondary N) is 2. The molecule has 1 saturated heterocycles. The second-order valence-electron chi connectivity index (χ2n) is 11.1. The average Bonchev–Trinajstić information content (AvgIpc) is 3.56. The first-order valence-corrected chi connectivity index (χ1v) is 13.5. The molecule has 6 rings (SSSR count). The Balaban J connectivity index is 1.27. The fourth-order valence-electron chi connectivity index (χ4n) is 4.95. The highest BCUT2D eigenvalue weighted by molar-refractivity contribution is 5.89. The smallest absolute Gasteiger partial charge is 0.309 e. The zero-order valence-corrected chi connectivity index (χ0v) is 23.2. The molecule has 41 heavy (non-hydrogen) atoms. The molecule has 2 aliphatic rings. The number of amides is 1. The van der Waals surface area contributed by atoms with Gasteiger partial charge in [0.25, 0.3) is 0 Å². The minimum absolute atomic E-state index is 0.0921. The maximum absolute atomic E-state index is 13.4. The van der Waals surface area contributed by atoms with E-state index in [-0.39, 0.29) is 17.8 Å². The number of anilines is 2. The van der Waals surface area contributed by atoms with Crippen molar-refractivity contribution in [3.05, 3.63) is 65.8 Å². The number of alkyl halides is 1. The van der Waals surface area contributed by atoms with Crippen molar-refractivity contribution >= 4 is 17.5 Å². The van der Waals surface area contributed by atoms with Crippen molar-refractivity contribution in [1.29, 1.82) is 0 Å². The van der Waals surface area contributed by atoms with Gasteiger partial charge in [-0.15, -0.1) is 10.2 Å². The number of hydrogen-bond donors (Lipinski definition) is 2. The Morgan fingerprint density at radius 1 is 1.22 bits per heavy atom. The molecule has 4 aromatic rings. The molecule has 2 aliphatic heterocycles. The molecule has 0 bridgehead atoms. The van der Waals surface area contributed by atoms with Crippen LogP contribution in [-0.2, 0) is 23.7 Å². The average molecular weight is 562 g/mol. The molecule has 1 fully saturated rings. The minimum Gasteiger partial charge on any atom is -0.416 e. The van der Waals surface area contributed by atoms with Crippen molar-refractivity contribution in [3.63, 3.8) is 0 Å². The monoisotopic (exact) mass is 561 g/mol. The summed E-state index contributed by atoms with van der Waals surface area (Å²) in [4.78, 5) is 24.6. The van der Waals surface area contributed by atoms with Gasteiger partial charge in [-0.2, -0.15) is 5.10 Å². The van der Waals surface area contributed by atoms with Crippen LogP contribution in [0.2, 0.25) is 0 Å². The summed E-state index contributed by atoms with van der Waals surface area (Å²) in [6, 6.07) is 8.09. The molecule has 2 N–H and O–H groups in total. The molecular formula is C28H32FN9O3. The number of hydrogen-bond acceptors (Lipinski definition) is 10. The number of rotatable bonds is 8. The molecule has 13 heteroatoms. The van der Waals surface area contributed by atoms with Gasteiger partial charge in [-0.05, 0) is 43.5 Å². The number of nitrogens with zero attached hydrogens (tertiary/aromatic N) is 7. The summed E-state index contributed by atoms with van der Waals surface area (Å²) >= 11 is 0. The largest absolute Gasteiger partial charge is 0.416 e. The van der Waals surface area contributed by atoms with E-state index in [1.54, 1.807) is 30.9 Å². The Hall–Kier alpha value is -4.23. The van der Waals surface area contributed by atoms with E-state index in [9.17, 15) is 9.18 Å². The lowest BCUT2D eigenvalue weighted by Crippen LogP contribution is -2.48. The van der Waals surface area contributed by atoms with Gasteiger partial charge >= 0.3 is 11.8 Å². The molecule has 0 spiro atoms. The first kappa shape index (κ1) is 27.0. The Morgan fingerprint density at radius 3 is 2.80 bits per heavy atom. The number of ether oxygens (including phenoxy) is 1. The summed E-state index contributed by atoms with van der Waals surface area (Å²) in [7, 11) is 1.85. The fourth-order valence-corrected chi connectivity index (χ4v) is 4.95. The summed E-state index contributed by atoms with van der Waals surface area (Å²) in [6.07, 6.45) is 5.97. The van der Waals surface area contributed by atoms with Gasteiger partial charge in [-0.1, -0.05) is 12.1 Å². The van der Waals surface area contributed by atoms with Crippen LogP contribution in [-0.4, -0.2) is 73.2 Å². The Bertz CT molecular complexity index is 1550. The Labute approximate surface area is 236 Å². The van der Waals surface area contributed by atoms with Crippen LogP contribution in [0.4, 0.5) is 16.0 Å². The van der Waals surface area contributed by atoms with Gasteiger partial charge in [0, 0.05) is 38.1 Å². The molecule has 1 atom stereocenters. The van der Waals surface area contributed by atoms with Crippen LogP contribution in [0.5, 0.6) is 0 Å². The van der Waals surface area contributed by atoms with Crippen molar-refractivity contribution in [1.82, 2.24) is 40.2 Å². The van der Waals surface area contributed by atoms with Crippen LogP contribution in [0.3, 0.4) is 0 Å². The van der Waals surface area contributed by atoms with Gasteiger partial charge in [-0.3, -0.25) is 14.4 Å². The fraction of sp³-hybridized carbons (Fsp3) is 0.429. The van der Waals surface area contributed by atoms with Gasteiger partial charge in [0.05, 0.1) is 48.3 Å². The number of halogens is 1. The van der Waals surface area contributed by atoms with Crippen LogP contribution in [0.15, 0.2) is 47.3 Å². The van der Waals surface area contributed by atoms with Crippen molar-refractivity contribution in [2.24, 2.45) is 7.05 Å². The molecule has 5 heterocycles. The molecule has 0 saturated carbocycles. The normalized spacial score (nSPS) is 17.9. The third kappa shape index (κ3) is 5.68. The lowest BCUT2D eigenvalue weighted by Gasteiger charge is -2.36. The number of fused-ring (bicyclic) bond motifs is 1. The van der Waals surface area contributed by atoms with Gasteiger partial charge in [0.2, 0.25) is 11.8 Å². The quantitative estimate of drug-likeness (QED) is 0.330. The van der Waals surface area contributed by atoms with E-state index in [1.165, 1.54) is 0 Å². The number of aromatic nitrogens is 6. The first-order chi connectivity index (χ1) is 19.8. The summed E-state index contributed by atoms with van der Waals surface area (Å²) in [6.45, 7) is 5.49. The molecule has 0 aliphatic carbocycles. The van der Waals surface area contributed by atoms with E-state index >= 15 is 0 Å². The zero-order valence-electron chi connectivity index (χ0n) is 23.2. The van der Waals surface area contributed by atoms with E-state index in [4.69, 9.17) is 14.1 Å². The molecule has 12 nitrogen and oxygen atoms in total. The van der Waals surface area contributed by atoms with Crippen molar-refractivity contribution in [3.8, 4) is 11.3 Å². The third-order valence-electron chi connectivity index (χ3n) is 7.48. The standard InChI is InChI=1S/C28H32FN9O3/c1-28(2,16-29)26-36-35-25(41-26)24(39)33-23-7-9-38(20-14-40-15-20)12-18-10-17(4-5-21(18)23)22-6-8-30-27(34-22)32-19-11-31-37(3)13-19/h4-6,8,10-11,13,20,23H,7,9,12,14-16H2,1-3H3,(H,33,39)(H,30,32,34)/t23-/m0/s1. The zero-order chi connectivity index (χ0) is 28.6.